The van der Waals surface area contributed by atoms with Crippen LogP contribution in [0.3, 0.4) is 0 Å². The van der Waals surface area contributed by atoms with Crippen molar-refractivity contribution in [2.45, 2.75) is 31.8 Å². The number of benzene rings is 2. The number of aliphatic carboxylic acids is 1. The number of phenols is 1. The number of aryl methyl sites for hydroxylation is 1. The van der Waals surface area contributed by atoms with Crippen LogP contribution in [0.1, 0.15) is 18.4 Å². The Morgan fingerprint density at radius 3 is 2.55 bits per heavy atom. The normalized spacial score (nSPS) is 11.9. The first-order chi connectivity index (χ1) is 13.9. The molecule has 0 aliphatic carbocycles. The Bertz CT molecular complexity index is 1080. The highest BCUT2D eigenvalue weighted by atomic mass is 16.4. The van der Waals surface area contributed by atoms with Crippen molar-refractivity contribution in [3.63, 3.8) is 0 Å². The lowest BCUT2D eigenvalue weighted by Gasteiger charge is -2.15. The van der Waals surface area contributed by atoms with Crippen LogP contribution >= 0.6 is 0 Å². The quantitative estimate of drug-likeness (QED) is 0.519. The van der Waals surface area contributed by atoms with Gasteiger partial charge in [0.1, 0.15) is 17.3 Å². The smallest absolute Gasteiger partial charge is 0.326 e. The molecule has 0 bridgehead atoms. The summed E-state index contributed by atoms with van der Waals surface area (Å²) in [6.45, 7) is 0.194. The molecule has 0 aliphatic rings. The first-order valence-electron chi connectivity index (χ1n) is 9.06. The van der Waals surface area contributed by atoms with Crippen LogP contribution in [-0.2, 0) is 22.6 Å². The topological polar surface area (TPSA) is 134 Å². The van der Waals surface area contributed by atoms with E-state index < -0.39 is 17.9 Å². The van der Waals surface area contributed by atoms with Gasteiger partial charge in [0.15, 0.2) is 0 Å². The molecule has 1 aromatic heterocycles. The molecule has 9 nitrogen and oxygen atoms in total. The number of aromatic nitrogens is 3. The van der Waals surface area contributed by atoms with Crippen molar-refractivity contribution in [2.24, 2.45) is 0 Å². The van der Waals surface area contributed by atoms with Crippen LogP contribution in [0, 0.1) is 0 Å². The Morgan fingerprint density at radius 2 is 1.83 bits per heavy atom. The Labute approximate surface area is 165 Å². The molecule has 3 rings (SSSR count). The summed E-state index contributed by atoms with van der Waals surface area (Å²) in [6.07, 6.45) is 0.446. The standard InChI is InChI=1S/C20H20N4O5/c25-14-9-7-13(8-10-14)12-17(20(28)29)21-18(26)6-3-11-24-19(27)15-4-1-2-5-16(15)22-23-24/h1-2,4-5,7-10,17,25H,3,6,11-12H2,(H,21,26)(H,28,29)/t17-/m0/s1. The first kappa shape index (κ1) is 20.0. The highest BCUT2D eigenvalue weighted by Gasteiger charge is 2.20. The second-order valence-electron chi connectivity index (χ2n) is 6.57. The number of aromatic hydroxyl groups is 1. The van der Waals surface area contributed by atoms with Gasteiger partial charge in [-0.25, -0.2) is 9.48 Å². The summed E-state index contributed by atoms with van der Waals surface area (Å²) in [6, 6.07) is 11.9. The molecule has 1 heterocycles. The number of rotatable bonds is 8. The van der Waals surface area contributed by atoms with Gasteiger partial charge in [-0.1, -0.05) is 29.5 Å². The van der Waals surface area contributed by atoms with E-state index in [1.807, 2.05) is 0 Å². The third kappa shape index (κ3) is 5.16. The molecule has 0 radical (unpaired) electrons. The number of fused-ring (bicyclic) bond motifs is 1. The van der Waals surface area contributed by atoms with E-state index >= 15 is 0 Å². The molecule has 0 fully saturated rings. The largest absolute Gasteiger partial charge is 0.508 e. The molecule has 0 spiro atoms. The molecule has 29 heavy (non-hydrogen) atoms. The van der Waals surface area contributed by atoms with Gasteiger partial charge in [-0.3, -0.25) is 9.59 Å². The van der Waals surface area contributed by atoms with Gasteiger partial charge >= 0.3 is 5.97 Å². The van der Waals surface area contributed by atoms with Crippen molar-refractivity contribution in [3.8, 4) is 5.75 Å². The molecule has 0 saturated heterocycles. The lowest BCUT2D eigenvalue weighted by molar-refractivity contribution is -0.141. The second-order valence-corrected chi connectivity index (χ2v) is 6.57. The number of hydrogen-bond acceptors (Lipinski definition) is 6. The molecule has 0 saturated carbocycles. The minimum Gasteiger partial charge on any atom is -0.508 e. The Hall–Kier alpha value is -3.75. The summed E-state index contributed by atoms with van der Waals surface area (Å²) < 4.78 is 1.20. The molecule has 0 aliphatic heterocycles. The molecule has 150 valence electrons. The third-order valence-corrected chi connectivity index (χ3v) is 4.41. The molecule has 0 unspecified atom stereocenters. The average Bonchev–Trinajstić information content (AvgIpc) is 2.71. The summed E-state index contributed by atoms with van der Waals surface area (Å²) in [7, 11) is 0. The molecule has 2 aromatic carbocycles. The molecular formula is C20H20N4O5. The fourth-order valence-electron chi connectivity index (χ4n) is 2.89. The SMILES string of the molecule is O=C(CCCn1nnc2ccccc2c1=O)N[C@@H](Cc1ccc(O)cc1)C(=O)O. The molecule has 3 N–H and O–H groups in total. The molecule has 3 aromatic rings. The van der Waals surface area contributed by atoms with Gasteiger partial charge in [0.2, 0.25) is 5.91 Å². The Kier molecular flexibility index (Phi) is 6.18. The minimum absolute atomic E-state index is 0.0420. The predicted octanol–water partition coefficient (Wildman–Crippen LogP) is 1.09. The number of carboxylic acids is 1. The van der Waals surface area contributed by atoms with E-state index in [1.165, 1.54) is 16.8 Å². The maximum Gasteiger partial charge on any atom is 0.326 e. The number of carbonyl (C=O) groups is 2. The number of carbonyl (C=O) groups excluding carboxylic acids is 1. The van der Waals surface area contributed by atoms with Gasteiger partial charge in [-0.2, -0.15) is 0 Å². The maximum atomic E-state index is 12.4. The van der Waals surface area contributed by atoms with E-state index in [1.54, 1.807) is 36.4 Å². The van der Waals surface area contributed by atoms with Crippen molar-refractivity contribution in [1.29, 1.82) is 0 Å². The predicted molar refractivity (Wildman–Crippen MR) is 104 cm³/mol. The van der Waals surface area contributed by atoms with Crippen molar-refractivity contribution < 1.29 is 19.8 Å². The van der Waals surface area contributed by atoms with Crippen LogP contribution < -0.4 is 10.9 Å². The van der Waals surface area contributed by atoms with Crippen LogP contribution in [-0.4, -0.2) is 43.1 Å². The van der Waals surface area contributed by atoms with Crippen LogP contribution in [0.4, 0.5) is 0 Å². The van der Waals surface area contributed by atoms with Gasteiger partial charge in [-0.05, 0) is 36.2 Å². The number of amides is 1. The molecule has 1 amide bonds. The van der Waals surface area contributed by atoms with Crippen LogP contribution in [0.25, 0.3) is 10.9 Å². The highest BCUT2D eigenvalue weighted by molar-refractivity contribution is 5.83. The average molecular weight is 396 g/mol. The second kappa shape index (κ2) is 8.96. The van der Waals surface area contributed by atoms with Crippen molar-refractivity contribution in [2.75, 3.05) is 0 Å². The number of carboxylic acid groups (broad SMARTS) is 1. The van der Waals surface area contributed by atoms with Crippen LogP contribution in [0.5, 0.6) is 5.75 Å². The van der Waals surface area contributed by atoms with Gasteiger partial charge < -0.3 is 15.5 Å². The number of hydrogen-bond donors (Lipinski definition) is 3. The van der Waals surface area contributed by atoms with E-state index in [-0.39, 0.29) is 30.7 Å². The van der Waals surface area contributed by atoms with Crippen molar-refractivity contribution >= 4 is 22.8 Å². The van der Waals surface area contributed by atoms with Crippen molar-refractivity contribution in [1.82, 2.24) is 20.3 Å². The summed E-state index contributed by atoms with van der Waals surface area (Å²) in [5.41, 5.74) is 0.894. The van der Waals surface area contributed by atoms with E-state index in [0.717, 1.165) is 0 Å². The lowest BCUT2D eigenvalue weighted by atomic mass is 10.1. The van der Waals surface area contributed by atoms with Gasteiger partial charge in [0.05, 0.1) is 5.39 Å². The fraction of sp³-hybridized carbons (Fsp3) is 0.250. The highest BCUT2D eigenvalue weighted by Crippen LogP contribution is 2.11. The molecule has 9 heteroatoms. The van der Waals surface area contributed by atoms with Gasteiger partial charge in [0.25, 0.3) is 5.56 Å². The minimum atomic E-state index is -1.15. The van der Waals surface area contributed by atoms with E-state index in [2.05, 4.69) is 15.6 Å². The number of nitrogens with one attached hydrogen (secondary N) is 1. The fourth-order valence-corrected chi connectivity index (χ4v) is 2.89. The number of nitrogens with zero attached hydrogens (tertiary/aromatic N) is 3. The zero-order valence-electron chi connectivity index (χ0n) is 15.5. The number of phenolic OH excluding ortho intramolecular Hbond substituents is 1. The van der Waals surface area contributed by atoms with Gasteiger partial charge in [0, 0.05) is 19.4 Å². The van der Waals surface area contributed by atoms with E-state index in [9.17, 15) is 24.6 Å². The third-order valence-electron chi connectivity index (χ3n) is 4.41. The summed E-state index contributed by atoms with van der Waals surface area (Å²) in [4.78, 5) is 36.0. The van der Waals surface area contributed by atoms with Crippen molar-refractivity contribution in [3.05, 3.63) is 64.4 Å². The molecular weight excluding hydrogens is 376 g/mol. The van der Waals surface area contributed by atoms with Crippen LogP contribution in [0.15, 0.2) is 53.3 Å². The Morgan fingerprint density at radius 1 is 1.10 bits per heavy atom. The summed E-state index contributed by atoms with van der Waals surface area (Å²) >= 11 is 0. The van der Waals surface area contributed by atoms with E-state index in [4.69, 9.17) is 0 Å². The zero-order valence-corrected chi connectivity index (χ0v) is 15.5. The van der Waals surface area contributed by atoms with E-state index in [0.29, 0.717) is 22.9 Å². The molecule has 1 atom stereocenters. The monoisotopic (exact) mass is 396 g/mol. The lowest BCUT2D eigenvalue weighted by Crippen LogP contribution is -2.42. The van der Waals surface area contributed by atoms with Gasteiger partial charge in [-0.15, -0.1) is 5.10 Å². The maximum absolute atomic E-state index is 12.4. The summed E-state index contributed by atoms with van der Waals surface area (Å²) in [5, 5.41) is 29.4. The first-order valence-corrected chi connectivity index (χ1v) is 9.06. The summed E-state index contributed by atoms with van der Waals surface area (Å²) in [5.74, 6) is -1.50. The zero-order chi connectivity index (χ0) is 20.8. The van der Waals surface area contributed by atoms with Crippen LogP contribution in [0.2, 0.25) is 0 Å². The Balaban J connectivity index is 1.55.